The van der Waals surface area contributed by atoms with Crippen molar-refractivity contribution in [1.82, 2.24) is 0 Å². The Labute approximate surface area is 81.5 Å². The Morgan fingerprint density at radius 2 is 2.14 bits per heavy atom. The topological polar surface area (TPSA) is 62.5 Å². The fraction of sp³-hybridized carbons (Fsp3) is 0.333. The molecule has 0 fully saturated rings. The van der Waals surface area contributed by atoms with Gasteiger partial charge in [0.25, 0.3) is 0 Å². The van der Waals surface area contributed by atoms with Crippen LogP contribution >= 0.6 is 0 Å². The Morgan fingerprint density at radius 3 is 2.71 bits per heavy atom. The van der Waals surface area contributed by atoms with Crippen LogP contribution in [0.1, 0.15) is 5.56 Å². The summed E-state index contributed by atoms with van der Waals surface area (Å²) in [5.41, 5.74) is 0.931. The van der Waals surface area contributed by atoms with Gasteiger partial charge in [-0.2, -0.15) is 4.73 Å². The van der Waals surface area contributed by atoms with Crippen LogP contribution in [-0.2, 0) is 15.9 Å². The zero-order valence-electron chi connectivity index (χ0n) is 7.80. The molecule has 0 saturated carbocycles. The maximum atomic E-state index is 10.7. The summed E-state index contributed by atoms with van der Waals surface area (Å²) in [6, 6.07) is 3.35. The molecule has 14 heavy (non-hydrogen) atoms. The molecule has 1 aromatic heterocycles. The predicted octanol–water partition coefficient (Wildman–Crippen LogP) is 0.646. The van der Waals surface area contributed by atoms with Crippen molar-refractivity contribution < 1.29 is 19.0 Å². The smallest absolute Gasteiger partial charge is 0.507 e. The number of rotatable bonds is 3. The van der Waals surface area contributed by atoms with E-state index in [0.717, 1.165) is 5.56 Å². The minimum absolute atomic E-state index is 0.246. The number of hydrogen-bond donors (Lipinski definition) is 0. The highest BCUT2D eigenvalue weighted by atomic mass is 16.7. The predicted molar refractivity (Wildman–Crippen MR) is 47.5 cm³/mol. The van der Waals surface area contributed by atoms with Crippen LogP contribution in [0.5, 0.6) is 0 Å². The maximum Gasteiger partial charge on any atom is 0.507 e. The van der Waals surface area contributed by atoms with Gasteiger partial charge in [0.1, 0.15) is 0 Å². The van der Waals surface area contributed by atoms with Gasteiger partial charge in [-0.05, 0) is 5.56 Å². The van der Waals surface area contributed by atoms with E-state index in [0.29, 0.717) is 11.2 Å². The molecule has 0 saturated heterocycles. The van der Waals surface area contributed by atoms with Gasteiger partial charge in [-0.15, -0.1) is 0 Å². The molecular weight excluding hydrogens is 186 g/mol. The van der Waals surface area contributed by atoms with E-state index in [4.69, 9.17) is 0 Å². The highest BCUT2D eigenvalue weighted by Gasteiger charge is 2.00. The number of carbonyl (C=O) groups excluding carboxylic acids is 1. The number of aromatic nitrogens is 1. The summed E-state index contributed by atoms with van der Waals surface area (Å²) in [4.78, 5) is 10.6. The van der Waals surface area contributed by atoms with Crippen molar-refractivity contribution in [3.63, 3.8) is 0 Å². The van der Waals surface area contributed by atoms with Gasteiger partial charge in [-0.25, -0.2) is 4.79 Å². The lowest BCUT2D eigenvalue weighted by Crippen LogP contribution is -2.23. The largest absolute Gasteiger partial charge is 0.619 e. The van der Waals surface area contributed by atoms with E-state index in [-0.39, 0.29) is 6.61 Å². The molecule has 5 heteroatoms. The normalized spacial score (nSPS) is 9.50. The number of methoxy groups -OCH3 is 1. The zero-order valence-corrected chi connectivity index (χ0v) is 7.80. The Morgan fingerprint density at radius 1 is 1.50 bits per heavy atom. The SMILES string of the molecule is COC(=O)OCCc1cc[n+]([O-])cc1. The van der Waals surface area contributed by atoms with E-state index in [1.807, 2.05) is 0 Å². The molecule has 0 aliphatic carbocycles. The van der Waals surface area contributed by atoms with Crippen molar-refractivity contribution in [3.8, 4) is 0 Å². The van der Waals surface area contributed by atoms with Gasteiger partial charge in [0.05, 0.1) is 13.7 Å². The summed E-state index contributed by atoms with van der Waals surface area (Å²) in [5, 5.41) is 10.7. The molecule has 1 heterocycles. The molecule has 0 N–H and O–H groups in total. The summed E-state index contributed by atoms with van der Waals surface area (Å²) in [6.45, 7) is 0.246. The van der Waals surface area contributed by atoms with Crippen LogP contribution in [0.4, 0.5) is 4.79 Å². The summed E-state index contributed by atoms with van der Waals surface area (Å²) in [6.07, 6.45) is 2.66. The van der Waals surface area contributed by atoms with E-state index in [9.17, 15) is 10.0 Å². The van der Waals surface area contributed by atoms with Crippen molar-refractivity contribution in [3.05, 3.63) is 35.3 Å². The van der Waals surface area contributed by atoms with Crippen LogP contribution < -0.4 is 4.73 Å². The van der Waals surface area contributed by atoms with E-state index in [1.54, 1.807) is 12.1 Å². The van der Waals surface area contributed by atoms with Crippen molar-refractivity contribution in [2.75, 3.05) is 13.7 Å². The van der Waals surface area contributed by atoms with Crippen LogP contribution in [-0.4, -0.2) is 19.9 Å². The van der Waals surface area contributed by atoms with Crippen LogP contribution in [0, 0.1) is 5.21 Å². The second kappa shape index (κ2) is 5.06. The standard InChI is InChI=1S/C9H11NO4/c1-13-9(11)14-7-4-8-2-5-10(12)6-3-8/h2-3,5-6H,4,7H2,1H3. The maximum absolute atomic E-state index is 10.7. The quantitative estimate of drug-likeness (QED) is 0.405. The first-order chi connectivity index (χ1) is 6.72. The molecule has 0 atom stereocenters. The molecule has 1 rings (SSSR count). The first-order valence-corrected chi connectivity index (χ1v) is 4.11. The van der Waals surface area contributed by atoms with Gasteiger partial charge in [-0.1, -0.05) is 0 Å². The zero-order chi connectivity index (χ0) is 10.4. The molecule has 0 radical (unpaired) electrons. The van der Waals surface area contributed by atoms with E-state index in [1.165, 1.54) is 19.5 Å². The van der Waals surface area contributed by atoms with E-state index < -0.39 is 6.16 Å². The number of hydrogen-bond acceptors (Lipinski definition) is 4. The van der Waals surface area contributed by atoms with Crippen LogP contribution in [0.15, 0.2) is 24.5 Å². The lowest BCUT2D eigenvalue weighted by Gasteiger charge is -2.02. The van der Waals surface area contributed by atoms with E-state index >= 15 is 0 Å². The van der Waals surface area contributed by atoms with Gasteiger partial charge in [-0.3, -0.25) is 0 Å². The lowest BCUT2D eigenvalue weighted by atomic mass is 10.2. The minimum Gasteiger partial charge on any atom is -0.619 e. The average Bonchev–Trinajstić information content (AvgIpc) is 2.21. The van der Waals surface area contributed by atoms with Gasteiger partial charge < -0.3 is 14.7 Å². The number of pyridine rings is 1. The molecule has 5 nitrogen and oxygen atoms in total. The van der Waals surface area contributed by atoms with Crippen molar-refractivity contribution in [1.29, 1.82) is 0 Å². The molecule has 0 aliphatic heterocycles. The molecule has 76 valence electrons. The Hall–Kier alpha value is -1.78. The highest BCUT2D eigenvalue weighted by molar-refractivity contribution is 5.59. The molecule has 1 aromatic rings. The average molecular weight is 197 g/mol. The molecule has 0 aromatic carbocycles. The Kier molecular flexibility index (Phi) is 3.72. The summed E-state index contributed by atoms with van der Waals surface area (Å²) in [7, 11) is 1.26. The highest BCUT2D eigenvalue weighted by Crippen LogP contribution is 1.97. The van der Waals surface area contributed by atoms with Crippen molar-refractivity contribution >= 4 is 6.16 Å². The summed E-state index contributed by atoms with van der Waals surface area (Å²) >= 11 is 0. The van der Waals surface area contributed by atoms with Crippen LogP contribution in [0.3, 0.4) is 0 Å². The molecule has 0 amide bonds. The summed E-state index contributed by atoms with van der Waals surface area (Å²) in [5.74, 6) is 0. The van der Waals surface area contributed by atoms with Gasteiger partial charge in [0, 0.05) is 18.6 Å². The molecule has 0 spiro atoms. The monoisotopic (exact) mass is 197 g/mol. The number of nitrogens with zero attached hydrogens (tertiary/aromatic N) is 1. The van der Waals surface area contributed by atoms with Crippen molar-refractivity contribution in [2.24, 2.45) is 0 Å². The Balaban J connectivity index is 2.31. The Bertz CT molecular complexity index is 296. The van der Waals surface area contributed by atoms with Gasteiger partial charge in [0.15, 0.2) is 12.4 Å². The fourth-order valence-electron chi connectivity index (χ4n) is 0.921. The minimum atomic E-state index is -0.695. The third-order valence-electron chi connectivity index (χ3n) is 1.65. The second-order valence-corrected chi connectivity index (χ2v) is 2.62. The van der Waals surface area contributed by atoms with Crippen molar-refractivity contribution in [2.45, 2.75) is 6.42 Å². The molecular formula is C9H11NO4. The number of ether oxygens (including phenoxy) is 2. The van der Waals surface area contributed by atoms with Crippen LogP contribution in [0.2, 0.25) is 0 Å². The van der Waals surface area contributed by atoms with Gasteiger partial charge >= 0.3 is 6.16 Å². The third kappa shape index (κ3) is 3.30. The number of carbonyl (C=O) groups is 1. The first kappa shape index (κ1) is 10.3. The van der Waals surface area contributed by atoms with Crippen LogP contribution in [0.25, 0.3) is 0 Å². The lowest BCUT2D eigenvalue weighted by molar-refractivity contribution is -0.605. The third-order valence-corrected chi connectivity index (χ3v) is 1.65. The molecule has 0 aliphatic rings. The van der Waals surface area contributed by atoms with E-state index in [2.05, 4.69) is 9.47 Å². The molecule has 0 bridgehead atoms. The van der Waals surface area contributed by atoms with Gasteiger partial charge in [0.2, 0.25) is 0 Å². The molecule has 0 unspecified atom stereocenters. The second-order valence-electron chi connectivity index (χ2n) is 2.62. The first-order valence-electron chi connectivity index (χ1n) is 4.11. The summed E-state index contributed by atoms with van der Waals surface area (Å²) < 4.78 is 9.67. The fourth-order valence-corrected chi connectivity index (χ4v) is 0.921.